The molecule has 1 aromatic carbocycles. The van der Waals surface area contributed by atoms with Crippen LogP contribution in [-0.2, 0) is 0 Å². The molecule has 1 amide bonds. The second-order valence-corrected chi connectivity index (χ2v) is 8.81. The van der Waals surface area contributed by atoms with Gasteiger partial charge in [-0.2, -0.15) is 9.49 Å². The number of para-hydroxylation sites is 1. The van der Waals surface area contributed by atoms with Crippen LogP contribution in [0.25, 0.3) is 15.9 Å². The van der Waals surface area contributed by atoms with E-state index < -0.39 is 5.95 Å². The summed E-state index contributed by atoms with van der Waals surface area (Å²) in [6, 6.07) is 14.2. The van der Waals surface area contributed by atoms with Gasteiger partial charge in [0.05, 0.1) is 21.3 Å². The van der Waals surface area contributed by atoms with Gasteiger partial charge in [0.25, 0.3) is 5.91 Å². The lowest BCUT2D eigenvalue weighted by Crippen LogP contribution is -2.48. The predicted molar refractivity (Wildman–Crippen MR) is 121 cm³/mol. The van der Waals surface area contributed by atoms with E-state index in [-0.39, 0.29) is 5.91 Å². The highest BCUT2D eigenvalue weighted by atomic mass is 35.5. The van der Waals surface area contributed by atoms with E-state index in [0.717, 1.165) is 21.6 Å². The highest BCUT2D eigenvalue weighted by Gasteiger charge is 2.26. The Balaban J connectivity index is 1.37. The van der Waals surface area contributed by atoms with E-state index in [2.05, 4.69) is 10.1 Å². The monoisotopic (exact) mass is 455 g/mol. The van der Waals surface area contributed by atoms with Crippen LogP contribution < -0.4 is 4.90 Å². The van der Waals surface area contributed by atoms with Gasteiger partial charge in [0.15, 0.2) is 0 Å². The molecular formula is C22H19ClFN5OS. The molecule has 4 aromatic rings. The normalized spacial score (nSPS) is 14.4. The molecule has 5 rings (SSSR count). The van der Waals surface area contributed by atoms with Crippen LogP contribution in [0.2, 0.25) is 5.02 Å². The third-order valence-electron chi connectivity index (χ3n) is 5.43. The van der Waals surface area contributed by atoms with Crippen LogP contribution in [0.3, 0.4) is 0 Å². The molecule has 158 valence electrons. The number of carbonyl (C=O) groups excluding carboxylic acids is 1. The number of hydrogen-bond acceptors (Lipinski definition) is 5. The summed E-state index contributed by atoms with van der Waals surface area (Å²) >= 11 is 7.79. The van der Waals surface area contributed by atoms with Crippen molar-refractivity contribution in [2.24, 2.45) is 0 Å². The van der Waals surface area contributed by atoms with E-state index in [4.69, 9.17) is 11.6 Å². The van der Waals surface area contributed by atoms with E-state index in [1.54, 1.807) is 12.1 Å². The number of hydrogen-bond donors (Lipinski definition) is 0. The van der Waals surface area contributed by atoms with E-state index in [1.165, 1.54) is 17.4 Å². The Morgan fingerprint density at radius 1 is 1.10 bits per heavy atom. The zero-order valence-corrected chi connectivity index (χ0v) is 18.3. The highest BCUT2D eigenvalue weighted by Crippen LogP contribution is 2.33. The number of aromatic nitrogens is 3. The van der Waals surface area contributed by atoms with Gasteiger partial charge in [0.1, 0.15) is 10.6 Å². The van der Waals surface area contributed by atoms with Crippen LogP contribution in [0.5, 0.6) is 0 Å². The Kier molecular flexibility index (Phi) is 5.11. The number of anilines is 1. The summed E-state index contributed by atoms with van der Waals surface area (Å²) < 4.78 is 15.2. The molecular weight excluding hydrogens is 437 g/mol. The summed E-state index contributed by atoms with van der Waals surface area (Å²) in [5, 5.41) is 6.18. The summed E-state index contributed by atoms with van der Waals surface area (Å²) in [6.45, 7) is 4.27. The standard InChI is InChI=1S/C22H19ClFN5OS/c1-14-15-13-18(31-22(15)29(26-14)17-6-3-2-5-16(17)23)21(30)28-11-9-27(10-12-28)20-8-4-7-19(24)25-20/h2-8,13H,9-12H2,1H3. The molecule has 4 heterocycles. The third kappa shape index (κ3) is 3.66. The van der Waals surface area contributed by atoms with Gasteiger partial charge in [-0.25, -0.2) is 9.67 Å². The minimum atomic E-state index is -0.496. The largest absolute Gasteiger partial charge is 0.353 e. The first-order chi connectivity index (χ1) is 15.0. The molecule has 1 aliphatic heterocycles. The Labute approximate surface area is 187 Å². The van der Waals surface area contributed by atoms with Gasteiger partial charge in [0.2, 0.25) is 5.95 Å². The maximum Gasteiger partial charge on any atom is 0.264 e. The number of piperazine rings is 1. The molecule has 1 aliphatic rings. The fourth-order valence-corrected chi connectivity index (χ4v) is 5.17. The van der Waals surface area contributed by atoms with Crippen molar-refractivity contribution in [3.05, 3.63) is 70.1 Å². The number of amides is 1. The SMILES string of the molecule is Cc1nn(-c2ccccc2Cl)c2sc(C(=O)N3CCN(c4cccc(F)n4)CC3)cc12. The molecule has 6 nitrogen and oxygen atoms in total. The maximum absolute atomic E-state index is 13.4. The first-order valence-corrected chi connectivity index (χ1v) is 11.1. The van der Waals surface area contributed by atoms with Gasteiger partial charge in [-0.3, -0.25) is 4.79 Å². The van der Waals surface area contributed by atoms with Crippen LogP contribution in [0.1, 0.15) is 15.4 Å². The van der Waals surface area contributed by atoms with Gasteiger partial charge in [-0.1, -0.05) is 29.8 Å². The molecule has 0 bridgehead atoms. The number of aryl methyl sites for hydroxylation is 1. The van der Waals surface area contributed by atoms with Crippen molar-refractivity contribution in [1.82, 2.24) is 19.7 Å². The summed E-state index contributed by atoms with van der Waals surface area (Å²) in [4.78, 5) is 22.5. The molecule has 1 fully saturated rings. The van der Waals surface area contributed by atoms with Crippen LogP contribution in [0, 0.1) is 12.9 Å². The smallest absolute Gasteiger partial charge is 0.264 e. The second kappa shape index (κ2) is 7.94. The topological polar surface area (TPSA) is 54.3 Å². The van der Waals surface area contributed by atoms with Crippen molar-refractivity contribution in [2.75, 3.05) is 31.1 Å². The molecule has 9 heteroatoms. The first kappa shape index (κ1) is 20.0. The molecule has 0 radical (unpaired) electrons. The molecule has 0 saturated carbocycles. The number of thiophene rings is 1. The first-order valence-electron chi connectivity index (χ1n) is 9.92. The Bertz CT molecular complexity index is 1280. The number of nitrogens with zero attached hydrogens (tertiary/aromatic N) is 5. The second-order valence-electron chi connectivity index (χ2n) is 7.38. The highest BCUT2D eigenvalue weighted by molar-refractivity contribution is 7.20. The number of pyridine rings is 1. The number of halogens is 2. The molecule has 0 atom stereocenters. The lowest BCUT2D eigenvalue weighted by Gasteiger charge is -2.35. The zero-order valence-electron chi connectivity index (χ0n) is 16.8. The lowest BCUT2D eigenvalue weighted by molar-refractivity contribution is 0.0751. The van der Waals surface area contributed by atoms with Crippen molar-refractivity contribution in [1.29, 1.82) is 0 Å². The summed E-state index contributed by atoms with van der Waals surface area (Å²) in [6.07, 6.45) is 0. The van der Waals surface area contributed by atoms with Gasteiger partial charge in [-0.15, -0.1) is 11.3 Å². The van der Waals surface area contributed by atoms with Crippen LogP contribution in [0.15, 0.2) is 48.5 Å². The third-order valence-corrected chi connectivity index (χ3v) is 6.85. The molecule has 0 unspecified atom stereocenters. The van der Waals surface area contributed by atoms with Crippen LogP contribution in [0.4, 0.5) is 10.2 Å². The van der Waals surface area contributed by atoms with Crippen molar-refractivity contribution < 1.29 is 9.18 Å². The summed E-state index contributed by atoms with van der Waals surface area (Å²) in [5.41, 5.74) is 1.64. The predicted octanol–water partition coefficient (Wildman–Crippen LogP) is 4.55. The van der Waals surface area contributed by atoms with Crippen molar-refractivity contribution in [3.63, 3.8) is 0 Å². The van der Waals surface area contributed by atoms with Gasteiger partial charge >= 0.3 is 0 Å². The van der Waals surface area contributed by atoms with E-state index in [0.29, 0.717) is 41.9 Å². The quantitative estimate of drug-likeness (QED) is 0.425. The average molecular weight is 456 g/mol. The van der Waals surface area contributed by atoms with Gasteiger partial charge < -0.3 is 9.80 Å². The Hall–Kier alpha value is -2.97. The van der Waals surface area contributed by atoms with E-state index in [1.807, 2.05) is 51.7 Å². The maximum atomic E-state index is 13.4. The molecule has 0 N–H and O–H groups in total. The number of carbonyl (C=O) groups is 1. The van der Waals surface area contributed by atoms with Crippen LogP contribution in [-0.4, -0.2) is 51.8 Å². The molecule has 3 aromatic heterocycles. The number of rotatable bonds is 3. The van der Waals surface area contributed by atoms with Crippen molar-refractivity contribution in [2.45, 2.75) is 6.92 Å². The van der Waals surface area contributed by atoms with Gasteiger partial charge in [-0.05, 0) is 37.3 Å². The Morgan fingerprint density at radius 2 is 1.87 bits per heavy atom. The van der Waals surface area contributed by atoms with E-state index >= 15 is 0 Å². The zero-order chi connectivity index (χ0) is 21.5. The van der Waals surface area contributed by atoms with Crippen LogP contribution >= 0.6 is 22.9 Å². The lowest BCUT2D eigenvalue weighted by atomic mass is 10.2. The average Bonchev–Trinajstić information content (AvgIpc) is 3.34. The fourth-order valence-electron chi connectivity index (χ4n) is 3.81. The summed E-state index contributed by atoms with van der Waals surface area (Å²) in [5.74, 6) is 0.104. The van der Waals surface area contributed by atoms with Crippen molar-refractivity contribution >= 4 is 44.9 Å². The minimum Gasteiger partial charge on any atom is -0.353 e. The van der Waals surface area contributed by atoms with E-state index in [9.17, 15) is 9.18 Å². The molecule has 31 heavy (non-hydrogen) atoms. The van der Waals surface area contributed by atoms with Crippen molar-refractivity contribution in [3.8, 4) is 5.69 Å². The number of fused-ring (bicyclic) bond motifs is 1. The minimum absolute atomic E-state index is 0.00170. The Morgan fingerprint density at radius 3 is 2.61 bits per heavy atom. The van der Waals surface area contributed by atoms with Gasteiger partial charge in [0, 0.05) is 31.6 Å². The number of benzene rings is 1. The fraction of sp³-hybridized carbons (Fsp3) is 0.227. The molecule has 1 saturated heterocycles. The molecule has 0 spiro atoms. The summed E-state index contributed by atoms with van der Waals surface area (Å²) in [7, 11) is 0. The molecule has 0 aliphatic carbocycles.